The van der Waals surface area contributed by atoms with Gasteiger partial charge in [-0.3, -0.25) is 4.79 Å². The Bertz CT molecular complexity index is 1030. The van der Waals surface area contributed by atoms with Crippen LogP contribution in [0.1, 0.15) is 15.9 Å². The van der Waals surface area contributed by atoms with Crippen LogP contribution < -0.4 is 5.32 Å². The minimum Gasteiger partial charge on any atom is -0.478 e. The second kappa shape index (κ2) is 8.16. The molecule has 4 nitrogen and oxygen atoms in total. The second-order valence-electron chi connectivity index (χ2n) is 5.54. The van der Waals surface area contributed by atoms with Crippen LogP contribution in [0.15, 0.2) is 60.0 Å². The minimum absolute atomic E-state index is 0.00910. The quantitative estimate of drug-likeness (QED) is 0.550. The zero-order valence-electron chi connectivity index (χ0n) is 13.8. The molecular formula is C20H13ClFNO3S. The Labute approximate surface area is 163 Å². The molecule has 0 aliphatic heterocycles. The highest BCUT2D eigenvalue weighted by molar-refractivity contribution is 7.14. The molecule has 0 unspecified atom stereocenters. The lowest BCUT2D eigenvalue weighted by Gasteiger charge is -2.04. The van der Waals surface area contributed by atoms with Crippen LogP contribution in [0.2, 0.25) is 5.02 Å². The van der Waals surface area contributed by atoms with Gasteiger partial charge in [0, 0.05) is 16.5 Å². The monoisotopic (exact) mass is 401 g/mol. The normalized spacial score (nSPS) is 10.9. The number of thiophene rings is 1. The van der Waals surface area contributed by atoms with E-state index in [0.717, 1.165) is 0 Å². The fourth-order valence-corrected chi connectivity index (χ4v) is 3.56. The van der Waals surface area contributed by atoms with Crippen molar-refractivity contribution in [1.29, 1.82) is 0 Å². The van der Waals surface area contributed by atoms with Gasteiger partial charge in [0.1, 0.15) is 11.4 Å². The average Bonchev–Trinajstić information content (AvgIpc) is 3.04. The molecule has 27 heavy (non-hydrogen) atoms. The van der Waals surface area contributed by atoms with E-state index < -0.39 is 17.7 Å². The van der Waals surface area contributed by atoms with Crippen molar-refractivity contribution < 1.29 is 19.1 Å². The van der Waals surface area contributed by atoms with Gasteiger partial charge in [0.25, 0.3) is 0 Å². The minimum atomic E-state index is -1.15. The van der Waals surface area contributed by atoms with Gasteiger partial charge in [0.15, 0.2) is 0 Å². The van der Waals surface area contributed by atoms with Crippen LogP contribution in [0.3, 0.4) is 0 Å². The van der Waals surface area contributed by atoms with Crippen LogP contribution in [-0.2, 0) is 4.79 Å². The van der Waals surface area contributed by atoms with Crippen LogP contribution in [-0.4, -0.2) is 17.0 Å². The first-order valence-electron chi connectivity index (χ1n) is 7.79. The lowest BCUT2D eigenvalue weighted by atomic mass is 10.1. The van der Waals surface area contributed by atoms with Crippen LogP contribution >= 0.6 is 22.9 Å². The van der Waals surface area contributed by atoms with Gasteiger partial charge in [0.05, 0.1) is 10.6 Å². The van der Waals surface area contributed by atoms with E-state index in [0.29, 0.717) is 21.0 Å². The summed E-state index contributed by atoms with van der Waals surface area (Å²) in [6.45, 7) is 0. The number of carbonyl (C=O) groups excluding carboxylic acids is 1. The van der Waals surface area contributed by atoms with Crippen LogP contribution in [0.5, 0.6) is 0 Å². The zero-order valence-corrected chi connectivity index (χ0v) is 15.4. The number of carboxylic acid groups (broad SMARTS) is 1. The SMILES string of the molecule is O=C(C=Cc1cccc(F)c1)Nc1csc(-c2ccc(Cl)cc2)c1C(=O)O. The Balaban J connectivity index is 1.83. The van der Waals surface area contributed by atoms with Crippen molar-refractivity contribution in [2.75, 3.05) is 5.32 Å². The summed E-state index contributed by atoms with van der Waals surface area (Å²) in [5.41, 5.74) is 1.43. The maximum atomic E-state index is 13.2. The molecule has 0 radical (unpaired) electrons. The van der Waals surface area contributed by atoms with Crippen LogP contribution in [0, 0.1) is 5.82 Å². The van der Waals surface area contributed by atoms with Crippen molar-refractivity contribution in [2.45, 2.75) is 0 Å². The standard InChI is InChI=1S/C20H13ClFNO3S/c21-14-7-5-13(6-8-14)19-18(20(25)26)16(11-27-19)23-17(24)9-4-12-2-1-3-15(22)10-12/h1-11H,(H,23,24)(H,25,26). The predicted molar refractivity (Wildman–Crippen MR) is 106 cm³/mol. The van der Waals surface area contributed by atoms with Gasteiger partial charge < -0.3 is 10.4 Å². The summed E-state index contributed by atoms with van der Waals surface area (Å²) in [4.78, 5) is 24.4. The van der Waals surface area contributed by atoms with Crippen molar-refractivity contribution in [3.8, 4) is 10.4 Å². The highest BCUT2D eigenvalue weighted by Gasteiger charge is 2.20. The number of carboxylic acids is 1. The lowest BCUT2D eigenvalue weighted by molar-refractivity contribution is -0.111. The van der Waals surface area contributed by atoms with E-state index in [1.807, 2.05) is 0 Å². The van der Waals surface area contributed by atoms with E-state index in [4.69, 9.17) is 11.6 Å². The van der Waals surface area contributed by atoms with Gasteiger partial charge in [-0.1, -0.05) is 35.9 Å². The molecule has 1 amide bonds. The van der Waals surface area contributed by atoms with E-state index in [9.17, 15) is 19.1 Å². The Morgan fingerprint density at radius 2 is 1.89 bits per heavy atom. The summed E-state index contributed by atoms with van der Waals surface area (Å²) < 4.78 is 13.2. The van der Waals surface area contributed by atoms with Crippen molar-refractivity contribution in [2.24, 2.45) is 0 Å². The smallest absolute Gasteiger partial charge is 0.339 e. The Kier molecular flexibility index (Phi) is 5.69. The predicted octanol–water partition coefficient (Wildman–Crippen LogP) is 5.56. The van der Waals surface area contributed by atoms with Crippen LogP contribution in [0.25, 0.3) is 16.5 Å². The molecule has 1 aromatic heterocycles. The molecule has 0 aliphatic rings. The fraction of sp³-hybridized carbons (Fsp3) is 0. The molecule has 0 fully saturated rings. The van der Waals surface area contributed by atoms with Crippen molar-refractivity contribution in [1.82, 2.24) is 0 Å². The van der Waals surface area contributed by atoms with Gasteiger partial charge in [-0.25, -0.2) is 9.18 Å². The fourth-order valence-electron chi connectivity index (χ4n) is 2.43. The van der Waals surface area contributed by atoms with E-state index in [1.165, 1.54) is 41.7 Å². The largest absolute Gasteiger partial charge is 0.478 e. The molecule has 3 aromatic rings. The molecule has 3 rings (SSSR count). The van der Waals surface area contributed by atoms with E-state index in [-0.39, 0.29) is 11.3 Å². The van der Waals surface area contributed by atoms with Crippen LogP contribution in [0.4, 0.5) is 10.1 Å². The first-order valence-corrected chi connectivity index (χ1v) is 9.05. The number of hydrogen-bond donors (Lipinski definition) is 2. The molecule has 7 heteroatoms. The average molecular weight is 402 g/mol. The Hall–Kier alpha value is -2.96. The Morgan fingerprint density at radius 1 is 1.15 bits per heavy atom. The third-order valence-corrected chi connectivity index (χ3v) is 4.93. The van der Waals surface area contributed by atoms with Crippen molar-refractivity contribution in [3.05, 3.63) is 82.0 Å². The highest BCUT2D eigenvalue weighted by Crippen LogP contribution is 2.36. The van der Waals surface area contributed by atoms with Gasteiger partial charge >= 0.3 is 5.97 Å². The molecule has 0 aliphatic carbocycles. The molecule has 0 bridgehead atoms. The number of carbonyl (C=O) groups is 2. The number of amides is 1. The summed E-state index contributed by atoms with van der Waals surface area (Å²) in [5, 5.41) is 14.2. The van der Waals surface area contributed by atoms with Gasteiger partial charge in [-0.15, -0.1) is 11.3 Å². The summed E-state index contributed by atoms with van der Waals surface area (Å²) in [6.07, 6.45) is 2.67. The zero-order chi connectivity index (χ0) is 19.4. The maximum Gasteiger partial charge on any atom is 0.339 e. The number of hydrogen-bond acceptors (Lipinski definition) is 3. The molecule has 0 saturated heterocycles. The summed E-state index contributed by atoms with van der Waals surface area (Å²) >= 11 is 7.08. The van der Waals surface area contributed by atoms with Crippen molar-refractivity contribution in [3.63, 3.8) is 0 Å². The third-order valence-electron chi connectivity index (χ3n) is 3.65. The molecule has 0 saturated carbocycles. The first-order chi connectivity index (χ1) is 12.9. The maximum absolute atomic E-state index is 13.2. The van der Waals surface area contributed by atoms with Gasteiger partial charge in [-0.2, -0.15) is 0 Å². The molecular weight excluding hydrogens is 389 g/mol. The number of nitrogens with one attached hydrogen (secondary N) is 1. The number of aromatic carboxylic acids is 1. The molecule has 2 aromatic carbocycles. The molecule has 2 N–H and O–H groups in total. The molecule has 0 atom stereocenters. The third kappa shape index (κ3) is 4.61. The van der Waals surface area contributed by atoms with Gasteiger partial charge in [-0.05, 0) is 41.5 Å². The molecule has 136 valence electrons. The van der Waals surface area contributed by atoms with E-state index in [2.05, 4.69) is 5.32 Å². The summed E-state index contributed by atoms with van der Waals surface area (Å²) in [6, 6.07) is 12.6. The number of halogens is 2. The summed E-state index contributed by atoms with van der Waals surface area (Å²) in [7, 11) is 0. The highest BCUT2D eigenvalue weighted by atomic mass is 35.5. The first kappa shape index (κ1) is 18.8. The second-order valence-corrected chi connectivity index (χ2v) is 6.86. The van der Waals surface area contributed by atoms with Gasteiger partial charge in [0.2, 0.25) is 5.91 Å². The van der Waals surface area contributed by atoms with E-state index in [1.54, 1.807) is 35.7 Å². The lowest BCUT2D eigenvalue weighted by Crippen LogP contribution is -2.11. The van der Waals surface area contributed by atoms with E-state index >= 15 is 0 Å². The number of anilines is 1. The number of rotatable bonds is 5. The summed E-state index contributed by atoms with van der Waals surface area (Å²) in [5.74, 6) is -2.07. The molecule has 1 heterocycles. The Morgan fingerprint density at radius 3 is 2.56 bits per heavy atom. The number of benzene rings is 2. The molecule has 0 spiro atoms. The van der Waals surface area contributed by atoms with Crippen molar-refractivity contribution >= 4 is 46.6 Å². The topological polar surface area (TPSA) is 66.4 Å².